The number of hydrogen-bond donors (Lipinski definition) is 2. The van der Waals surface area contributed by atoms with Gasteiger partial charge < -0.3 is 19.5 Å². The molecule has 1 fully saturated rings. The van der Waals surface area contributed by atoms with E-state index in [-0.39, 0.29) is 49.8 Å². The average Bonchev–Trinajstić information content (AvgIpc) is 3.46. The van der Waals surface area contributed by atoms with E-state index in [0.29, 0.717) is 5.69 Å². The van der Waals surface area contributed by atoms with Gasteiger partial charge in [0.1, 0.15) is 12.4 Å². The van der Waals surface area contributed by atoms with Gasteiger partial charge in [0.25, 0.3) is 11.3 Å². The maximum Gasteiger partial charge on any atom is 0.409 e. The monoisotopic (exact) mass is 588 g/mol. The summed E-state index contributed by atoms with van der Waals surface area (Å²) >= 11 is -1.70. The molecule has 10 heteroatoms. The van der Waals surface area contributed by atoms with Crippen LogP contribution in [0.25, 0.3) is 11.1 Å². The van der Waals surface area contributed by atoms with E-state index in [1.807, 2.05) is 37.3 Å². The van der Waals surface area contributed by atoms with Crippen molar-refractivity contribution in [2.45, 2.75) is 37.2 Å². The molecule has 1 spiro atoms. The smallest absolute Gasteiger partial charge is 0.409 e. The summed E-state index contributed by atoms with van der Waals surface area (Å²) in [7, 11) is 1.32. The maximum atomic E-state index is 13.1. The minimum absolute atomic E-state index is 0.0347. The minimum Gasteiger partial charge on any atom is -0.507 e. The van der Waals surface area contributed by atoms with Crippen LogP contribution in [0.15, 0.2) is 84.1 Å². The first kappa shape index (κ1) is 28.0. The summed E-state index contributed by atoms with van der Waals surface area (Å²) in [5.74, 6) is -1.18. The number of hydrogen-bond acceptors (Lipinski definition) is 7. The molecule has 1 saturated heterocycles. The molecule has 0 aromatic heterocycles. The molecule has 3 aliphatic rings. The highest BCUT2D eigenvalue weighted by atomic mass is 32.2. The number of nitrogens with one attached hydrogen (secondary N) is 1. The number of carbonyl (C=O) groups excluding carboxylic acids is 2. The first-order valence-corrected chi connectivity index (χ1v) is 15.0. The van der Waals surface area contributed by atoms with E-state index in [4.69, 9.17) is 13.7 Å². The Kier molecular flexibility index (Phi) is 7.51. The van der Waals surface area contributed by atoms with E-state index in [9.17, 15) is 18.9 Å². The summed E-state index contributed by atoms with van der Waals surface area (Å²) in [4.78, 5) is 27.7. The largest absolute Gasteiger partial charge is 0.507 e. The number of anilines is 1. The fraction of sp³-hybridized carbons (Fsp3) is 0.312. The molecule has 9 nitrogen and oxygen atoms in total. The van der Waals surface area contributed by atoms with Crippen LogP contribution in [-0.4, -0.2) is 58.7 Å². The molecule has 3 aromatic carbocycles. The van der Waals surface area contributed by atoms with Gasteiger partial charge in [-0.05, 0) is 39.9 Å². The van der Waals surface area contributed by atoms with Crippen LogP contribution in [-0.2, 0) is 29.7 Å². The summed E-state index contributed by atoms with van der Waals surface area (Å²) in [5, 5.41) is 11.3. The van der Waals surface area contributed by atoms with Crippen molar-refractivity contribution in [3.05, 3.63) is 101 Å². The van der Waals surface area contributed by atoms with Crippen molar-refractivity contribution < 1.29 is 32.6 Å². The lowest BCUT2D eigenvalue weighted by molar-refractivity contribution is -0.152. The minimum atomic E-state index is -1.70. The number of rotatable bonds is 7. The van der Waals surface area contributed by atoms with Crippen molar-refractivity contribution in [3.8, 4) is 11.1 Å². The van der Waals surface area contributed by atoms with Crippen LogP contribution in [0, 0.1) is 0 Å². The summed E-state index contributed by atoms with van der Waals surface area (Å²) in [6.45, 7) is 2.59. The van der Waals surface area contributed by atoms with Gasteiger partial charge >= 0.3 is 12.1 Å². The third-order valence-electron chi connectivity index (χ3n) is 8.53. The summed E-state index contributed by atoms with van der Waals surface area (Å²) < 4.78 is 30.8. The van der Waals surface area contributed by atoms with Gasteiger partial charge in [-0.3, -0.25) is 8.91 Å². The molecule has 2 N–H and O–H groups in total. The lowest BCUT2D eigenvalue weighted by atomic mass is 9.85. The number of esters is 1. The average molecular weight is 589 g/mol. The molecule has 0 radical (unpaired) electrons. The molecule has 2 atom stereocenters. The first-order chi connectivity index (χ1) is 20.3. The van der Waals surface area contributed by atoms with Crippen molar-refractivity contribution in [2.24, 2.45) is 0 Å². The number of aliphatic hydroxyl groups excluding tert-OH is 1. The Labute approximate surface area is 246 Å². The van der Waals surface area contributed by atoms with Crippen molar-refractivity contribution in [2.75, 3.05) is 31.5 Å². The molecule has 3 aromatic rings. The third kappa shape index (κ3) is 4.94. The second-order valence-corrected chi connectivity index (χ2v) is 11.8. The predicted octanol–water partition coefficient (Wildman–Crippen LogP) is 5.58. The van der Waals surface area contributed by atoms with Crippen LogP contribution < -0.4 is 4.72 Å². The van der Waals surface area contributed by atoms with Crippen LogP contribution in [0.1, 0.15) is 48.3 Å². The number of amides is 1. The number of fused-ring (bicyclic) bond motifs is 3. The topological polar surface area (TPSA) is 114 Å². The van der Waals surface area contributed by atoms with Crippen LogP contribution in [0.3, 0.4) is 0 Å². The highest BCUT2D eigenvalue weighted by molar-refractivity contribution is 7.81. The maximum absolute atomic E-state index is 13.1. The molecule has 1 amide bonds. The number of nitrogens with zero attached hydrogens (tertiary/aromatic N) is 1. The Morgan fingerprint density at radius 2 is 1.71 bits per heavy atom. The molecule has 218 valence electrons. The molecule has 2 aliphatic heterocycles. The van der Waals surface area contributed by atoms with E-state index < -0.39 is 34.8 Å². The van der Waals surface area contributed by atoms with Crippen LogP contribution in [0.4, 0.5) is 10.5 Å². The molecule has 0 bridgehead atoms. The van der Waals surface area contributed by atoms with Gasteiger partial charge in [0.2, 0.25) is 0 Å². The van der Waals surface area contributed by atoms with E-state index in [1.165, 1.54) is 7.11 Å². The molecule has 2 heterocycles. The van der Waals surface area contributed by atoms with Crippen LogP contribution in [0.2, 0.25) is 0 Å². The van der Waals surface area contributed by atoms with Gasteiger partial charge in [0.05, 0.1) is 12.7 Å². The lowest BCUT2D eigenvalue weighted by Gasteiger charge is -2.37. The molecule has 0 saturated carbocycles. The van der Waals surface area contributed by atoms with Gasteiger partial charge in [-0.25, -0.2) is 13.8 Å². The number of piperidine rings is 1. The Bertz CT molecular complexity index is 1550. The number of carbonyl (C=O) groups is 2. The predicted molar refractivity (Wildman–Crippen MR) is 158 cm³/mol. The van der Waals surface area contributed by atoms with Gasteiger partial charge in [-0.1, -0.05) is 67.6 Å². The zero-order valence-electron chi connectivity index (χ0n) is 23.4. The van der Waals surface area contributed by atoms with E-state index in [2.05, 4.69) is 29.0 Å². The van der Waals surface area contributed by atoms with Crippen molar-refractivity contribution in [3.63, 3.8) is 0 Å². The van der Waals surface area contributed by atoms with Gasteiger partial charge in [0, 0.05) is 43.5 Å². The standard InChI is InChI=1S/C32H32N2O7S/c1-20(21-8-7-9-22(18-21)33-42(38)39-2)28-29(35)32(41-30(28)36)14-16-34(17-15-32)31(37)40-19-27-25-12-5-3-10-23(25)24-11-4-6-13-26(24)27/h3-13,18,20,27,33,35H,14-17,19H2,1-2H3. The number of aliphatic hydroxyl groups is 1. The lowest BCUT2D eigenvalue weighted by Crippen LogP contribution is -2.48. The first-order valence-electron chi connectivity index (χ1n) is 13.9. The Hall–Kier alpha value is -4.15. The Balaban J connectivity index is 1.11. The van der Waals surface area contributed by atoms with Gasteiger partial charge in [0.15, 0.2) is 5.60 Å². The zero-order valence-corrected chi connectivity index (χ0v) is 24.2. The van der Waals surface area contributed by atoms with Crippen molar-refractivity contribution >= 4 is 29.0 Å². The molecule has 2 unspecified atom stereocenters. The summed E-state index contributed by atoms with van der Waals surface area (Å²) in [5.41, 5.74) is 4.92. The fourth-order valence-corrected chi connectivity index (χ4v) is 6.66. The Morgan fingerprint density at radius 1 is 1.07 bits per heavy atom. The molecule has 6 rings (SSSR count). The van der Waals surface area contributed by atoms with E-state index in [0.717, 1.165) is 27.8 Å². The highest BCUT2D eigenvalue weighted by Crippen LogP contribution is 2.46. The Morgan fingerprint density at radius 3 is 2.36 bits per heavy atom. The highest BCUT2D eigenvalue weighted by Gasteiger charge is 2.51. The molecular formula is C32H32N2O7S. The van der Waals surface area contributed by atoms with E-state index >= 15 is 0 Å². The number of benzene rings is 3. The fourth-order valence-electron chi connectivity index (χ4n) is 6.26. The SMILES string of the molecule is COS(=O)Nc1cccc(C(C)C2=C(O)C3(CCN(C(=O)OCC4c5ccccc5-c5ccccc54)CC3)OC2=O)c1. The summed E-state index contributed by atoms with van der Waals surface area (Å²) in [6, 6.07) is 23.4. The third-order valence-corrected chi connectivity index (χ3v) is 9.24. The molecule has 42 heavy (non-hydrogen) atoms. The normalized spacial score (nSPS) is 18.8. The van der Waals surface area contributed by atoms with E-state index in [1.54, 1.807) is 23.1 Å². The van der Waals surface area contributed by atoms with Crippen molar-refractivity contribution in [1.29, 1.82) is 0 Å². The van der Waals surface area contributed by atoms with Gasteiger partial charge in [-0.2, -0.15) is 0 Å². The summed E-state index contributed by atoms with van der Waals surface area (Å²) in [6.07, 6.45) is 0.101. The van der Waals surface area contributed by atoms with Crippen LogP contribution >= 0.6 is 0 Å². The zero-order chi connectivity index (χ0) is 29.4. The number of likely N-dealkylation sites (tertiary alicyclic amines) is 1. The second kappa shape index (κ2) is 11.3. The number of ether oxygens (including phenoxy) is 2. The quantitative estimate of drug-likeness (QED) is 0.347. The van der Waals surface area contributed by atoms with Crippen LogP contribution in [0.5, 0.6) is 0 Å². The van der Waals surface area contributed by atoms with Crippen molar-refractivity contribution in [1.82, 2.24) is 4.90 Å². The van der Waals surface area contributed by atoms with Gasteiger partial charge in [-0.15, -0.1) is 0 Å². The molecular weight excluding hydrogens is 556 g/mol. The molecule has 1 aliphatic carbocycles. The second-order valence-electron chi connectivity index (χ2n) is 10.8.